The predicted octanol–water partition coefficient (Wildman–Crippen LogP) is -2.54. The molecule has 0 aromatic heterocycles. The van der Waals surface area contributed by atoms with Crippen molar-refractivity contribution in [1.29, 1.82) is 0 Å². The molecule has 0 bridgehead atoms. The van der Waals surface area contributed by atoms with Crippen molar-refractivity contribution in [2.75, 3.05) is 7.11 Å². The molecule has 0 aliphatic heterocycles. The fraction of sp³-hybridized carbons (Fsp3) is 0.100. The smallest absolute Gasteiger partial charge is 0.545 e. The molecule has 0 saturated carbocycles. The maximum Gasteiger partial charge on any atom is 1.00 e. The molecule has 0 saturated heterocycles. The largest absolute Gasteiger partial charge is 1.00 e. The summed E-state index contributed by atoms with van der Waals surface area (Å²) in [6.07, 6.45) is 2.44. The second-order valence-corrected chi connectivity index (χ2v) is 2.43. The summed E-state index contributed by atoms with van der Waals surface area (Å²) in [7, 11) is 1.56. The van der Waals surface area contributed by atoms with Gasteiger partial charge in [-0.15, -0.1) is 0 Å². The van der Waals surface area contributed by atoms with Crippen molar-refractivity contribution >= 4 is 12.0 Å². The van der Waals surface area contributed by atoms with Gasteiger partial charge in [0.25, 0.3) is 0 Å². The molecule has 0 atom stereocenters. The third kappa shape index (κ3) is 4.46. The average molecular weight is 200 g/mol. The average Bonchev–Trinajstić information content (AvgIpc) is 2.15. The minimum atomic E-state index is -1.21. The molecule has 1 aromatic carbocycles. The zero-order valence-electron chi connectivity index (χ0n) is 8.19. The van der Waals surface area contributed by atoms with Gasteiger partial charge in [-0.1, -0.05) is 18.2 Å². The summed E-state index contributed by atoms with van der Waals surface area (Å²) in [5.74, 6) is -0.511. The molecule has 3 nitrogen and oxygen atoms in total. The Morgan fingerprint density at radius 1 is 1.50 bits per heavy atom. The number of benzene rings is 1. The molecular formula is C10H9NaO3. The minimum Gasteiger partial charge on any atom is -0.545 e. The van der Waals surface area contributed by atoms with Crippen LogP contribution in [0.5, 0.6) is 5.75 Å². The van der Waals surface area contributed by atoms with Crippen molar-refractivity contribution in [2.24, 2.45) is 0 Å². The van der Waals surface area contributed by atoms with Gasteiger partial charge in [-0.05, 0) is 23.8 Å². The summed E-state index contributed by atoms with van der Waals surface area (Å²) >= 11 is 0. The number of ether oxygens (including phenoxy) is 1. The van der Waals surface area contributed by atoms with Gasteiger partial charge < -0.3 is 14.6 Å². The van der Waals surface area contributed by atoms with Crippen LogP contribution in [0.15, 0.2) is 30.3 Å². The van der Waals surface area contributed by atoms with E-state index in [9.17, 15) is 9.90 Å². The van der Waals surface area contributed by atoms with Gasteiger partial charge in [0.2, 0.25) is 0 Å². The molecule has 0 spiro atoms. The molecule has 68 valence electrons. The molecular weight excluding hydrogens is 191 g/mol. The van der Waals surface area contributed by atoms with E-state index in [-0.39, 0.29) is 29.6 Å². The molecule has 0 amide bonds. The van der Waals surface area contributed by atoms with Crippen LogP contribution in [0.3, 0.4) is 0 Å². The SMILES string of the molecule is COc1cccc(/C=C/C(=O)[O-])c1.[Na+]. The van der Waals surface area contributed by atoms with E-state index in [2.05, 4.69) is 0 Å². The van der Waals surface area contributed by atoms with E-state index >= 15 is 0 Å². The van der Waals surface area contributed by atoms with Crippen LogP contribution in [-0.4, -0.2) is 13.1 Å². The Morgan fingerprint density at radius 2 is 2.21 bits per heavy atom. The van der Waals surface area contributed by atoms with Crippen LogP contribution in [0.4, 0.5) is 0 Å². The third-order valence-electron chi connectivity index (χ3n) is 1.51. The normalized spacial score (nSPS) is 9.50. The van der Waals surface area contributed by atoms with Gasteiger partial charge in [-0.25, -0.2) is 0 Å². The number of carboxylic acid groups (broad SMARTS) is 1. The van der Waals surface area contributed by atoms with E-state index in [4.69, 9.17) is 4.74 Å². The molecule has 0 aliphatic carbocycles. The van der Waals surface area contributed by atoms with Crippen LogP contribution < -0.4 is 39.4 Å². The van der Waals surface area contributed by atoms with Crippen molar-refractivity contribution in [2.45, 2.75) is 0 Å². The molecule has 0 aliphatic rings. The second kappa shape index (κ2) is 6.65. The molecule has 0 unspecified atom stereocenters. The standard InChI is InChI=1S/C10H10O3.Na/c1-13-9-4-2-3-8(7-9)5-6-10(11)12;/h2-7H,1H3,(H,11,12);/q;+1/p-1/b6-5+;. The Labute approximate surface area is 105 Å². The fourth-order valence-corrected chi connectivity index (χ4v) is 0.909. The monoisotopic (exact) mass is 200 g/mol. The van der Waals surface area contributed by atoms with Crippen molar-refractivity contribution in [1.82, 2.24) is 0 Å². The minimum absolute atomic E-state index is 0. The van der Waals surface area contributed by atoms with E-state index < -0.39 is 5.97 Å². The quantitative estimate of drug-likeness (QED) is 0.399. The maximum absolute atomic E-state index is 10.1. The Kier molecular flexibility index (Phi) is 6.28. The molecule has 0 N–H and O–H groups in total. The molecule has 1 rings (SSSR count). The number of hydrogen-bond acceptors (Lipinski definition) is 3. The van der Waals surface area contributed by atoms with Crippen LogP contribution in [0.1, 0.15) is 5.56 Å². The Balaban J connectivity index is 0.00000169. The summed E-state index contributed by atoms with van der Waals surface area (Å²) in [4.78, 5) is 10.1. The molecule has 1 aromatic rings. The Morgan fingerprint density at radius 3 is 2.79 bits per heavy atom. The van der Waals surface area contributed by atoms with Gasteiger partial charge in [0.1, 0.15) is 5.75 Å². The van der Waals surface area contributed by atoms with Crippen molar-refractivity contribution in [3.8, 4) is 5.75 Å². The molecule has 0 fully saturated rings. The van der Waals surface area contributed by atoms with Gasteiger partial charge in [0.15, 0.2) is 0 Å². The van der Waals surface area contributed by atoms with Crippen LogP contribution in [0.2, 0.25) is 0 Å². The molecule has 14 heavy (non-hydrogen) atoms. The van der Waals surface area contributed by atoms with Gasteiger partial charge in [0.05, 0.1) is 13.1 Å². The number of carbonyl (C=O) groups excluding carboxylic acids is 1. The van der Waals surface area contributed by atoms with Crippen molar-refractivity contribution in [3.63, 3.8) is 0 Å². The number of methoxy groups -OCH3 is 1. The molecule has 4 heteroatoms. The summed E-state index contributed by atoms with van der Waals surface area (Å²) in [6.45, 7) is 0. The predicted molar refractivity (Wildman–Crippen MR) is 47.0 cm³/mol. The van der Waals surface area contributed by atoms with Crippen molar-refractivity contribution < 1.29 is 44.2 Å². The summed E-state index contributed by atoms with van der Waals surface area (Å²) in [6, 6.07) is 7.09. The van der Waals surface area contributed by atoms with E-state index in [1.54, 1.807) is 31.4 Å². The topological polar surface area (TPSA) is 49.4 Å². The maximum atomic E-state index is 10.1. The van der Waals surface area contributed by atoms with Crippen molar-refractivity contribution in [3.05, 3.63) is 35.9 Å². The summed E-state index contributed by atoms with van der Waals surface area (Å²) in [5.41, 5.74) is 0.767. The number of rotatable bonds is 3. The van der Waals surface area contributed by atoms with Gasteiger partial charge in [-0.2, -0.15) is 0 Å². The van der Waals surface area contributed by atoms with E-state index in [1.807, 2.05) is 0 Å². The second-order valence-electron chi connectivity index (χ2n) is 2.43. The van der Waals surface area contributed by atoms with Crippen LogP contribution in [0, 0.1) is 0 Å². The Hall–Kier alpha value is -0.770. The zero-order valence-corrected chi connectivity index (χ0v) is 10.2. The van der Waals surface area contributed by atoms with Gasteiger partial charge in [-0.3, -0.25) is 0 Å². The van der Waals surface area contributed by atoms with Crippen LogP contribution >= 0.6 is 0 Å². The van der Waals surface area contributed by atoms with Crippen LogP contribution in [-0.2, 0) is 4.79 Å². The molecule has 0 heterocycles. The van der Waals surface area contributed by atoms with Gasteiger partial charge >= 0.3 is 29.6 Å². The number of hydrogen-bond donors (Lipinski definition) is 0. The fourth-order valence-electron chi connectivity index (χ4n) is 0.909. The van der Waals surface area contributed by atoms with Crippen LogP contribution in [0.25, 0.3) is 6.08 Å². The Bertz CT molecular complexity index is 334. The first kappa shape index (κ1) is 13.2. The number of carboxylic acids is 1. The van der Waals surface area contributed by atoms with E-state index in [0.717, 1.165) is 11.6 Å². The first-order valence-electron chi connectivity index (χ1n) is 3.75. The van der Waals surface area contributed by atoms with E-state index in [0.29, 0.717) is 5.75 Å². The number of aliphatic carboxylic acids is 1. The zero-order chi connectivity index (χ0) is 9.68. The first-order valence-corrected chi connectivity index (χ1v) is 3.75. The summed E-state index contributed by atoms with van der Waals surface area (Å²) in [5, 5.41) is 10.1. The van der Waals surface area contributed by atoms with Gasteiger partial charge in [0, 0.05) is 0 Å². The third-order valence-corrected chi connectivity index (χ3v) is 1.51. The van der Waals surface area contributed by atoms with E-state index in [1.165, 1.54) is 6.08 Å². The number of carbonyl (C=O) groups is 1. The first-order chi connectivity index (χ1) is 6.22. The summed E-state index contributed by atoms with van der Waals surface area (Å²) < 4.78 is 4.96. The molecule has 0 radical (unpaired) electrons.